The highest BCUT2D eigenvalue weighted by Gasteiger charge is 1.97. The lowest BCUT2D eigenvalue weighted by molar-refractivity contribution is 0.573. The molecular weight excluding hydrogens is 202 g/mol. The van der Waals surface area contributed by atoms with Crippen molar-refractivity contribution < 1.29 is 0 Å². The van der Waals surface area contributed by atoms with E-state index in [-0.39, 0.29) is 5.69 Å². The first-order valence-corrected chi connectivity index (χ1v) is 5.04. The maximum Gasteiger partial charge on any atom is 0.347 e. The predicted octanol–water partition coefficient (Wildman–Crippen LogP) is 0.896. The molecule has 0 atom stereocenters. The number of hydrogen-bond acceptors (Lipinski definition) is 3. The van der Waals surface area contributed by atoms with Crippen LogP contribution < -0.4 is 11.0 Å². The Morgan fingerprint density at radius 1 is 1.57 bits per heavy atom. The Kier molecular flexibility index (Phi) is 4.62. The van der Waals surface area contributed by atoms with Crippen LogP contribution in [0.15, 0.2) is 17.2 Å². The van der Waals surface area contributed by atoms with Crippen LogP contribution in [0.4, 0.5) is 0 Å². The van der Waals surface area contributed by atoms with E-state index in [1.165, 1.54) is 10.8 Å². The Bertz CT molecular complexity index is 337. The summed E-state index contributed by atoms with van der Waals surface area (Å²) in [6, 6.07) is 0. The highest BCUT2D eigenvalue weighted by atomic mass is 35.5. The van der Waals surface area contributed by atoms with Crippen LogP contribution in [0.25, 0.3) is 0 Å². The van der Waals surface area contributed by atoms with Crippen molar-refractivity contribution in [2.24, 2.45) is 0 Å². The van der Waals surface area contributed by atoms with Gasteiger partial charge in [0.15, 0.2) is 0 Å². The van der Waals surface area contributed by atoms with Gasteiger partial charge in [-0.1, -0.05) is 18.5 Å². The van der Waals surface area contributed by atoms with Crippen LogP contribution >= 0.6 is 11.6 Å². The van der Waals surface area contributed by atoms with E-state index >= 15 is 0 Å². The second-order valence-corrected chi connectivity index (χ2v) is 3.43. The Morgan fingerprint density at radius 2 is 2.36 bits per heavy atom. The standard InChI is InChI=1S/C9H14ClN3O/c1-2-3-11-4-5-13-7-8(10)6-12-9(13)14/h6-7,11H,2-5H2,1H3. The maximum absolute atomic E-state index is 11.2. The monoisotopic (exact) mass is 215 g/mol. The minimum atomic E-state index is -0.257. The van der Waals surface area contributed by atoms with Crippen molar-refractivity contribution >= 4 is 11.6 Å². The van der Waals surface area contributed by atoms with Crippen molar-refractivity contribution in [3.05, 3.63) is 27.9 Å². The lowest BCUT2D eigenvalue weighted by atomic mass is 10.4. The summed E-state index contributed by atoms with van der Waals surface area (Å²) < 4.78 is 1.50. The van der Waals surface area contributed by atoms with Crippen molar-refractivity contribution in [1.29, 1.82) is 0 Å². The second-order valence-electron chi connectivity index (χ2n) is 3.00. The van der Waals surface area contributed by atoms with Gasteiger partial charge >= 0.3 is 5.69 Å². The van der Waals surface area contributed by atoms with E-state index in [0.29, 0.717) is 11.6 Å². The molecule has 0 aliphatic heterocycles. The smallest absolute Gasteiger partial charge is 0.315 e. The van der Waals surface area contributed by atoms with Crippen molar-refractivity contribution in [2.45, 2.75) is 19.9 Å². The molecule has 0 spiro atoms. The van der Waals surface area contributed by atoms with Gasteiger partial charge in [0.2, 0.25) is 0 Å². The first kappa shape index (κ1) is 11.2. The van der Waals surface area contributed by atoms with Gasteiger partial charge in [-0.15, -0.1) is 0 Å². The molecule has 1 heterocycles. The SMILES string of the molecule is CCCNCCn1cc(Cl)cnc1=O. The Labute approximate surface area is 87.9 Å². The fraction of sp³-hybridized carbons (Fsp3) is 0.556. The number of aromatic nitrogens is 2. The van der Waals surface area contributed by atoms with Crippen molar-refractivity contribution in [3.63, 3.8) is 0 Å². The lowest BCUT2D eigenvalue weighted by Crippen LogP contribution is -2.28. The number of halogens is 1. The van der Waals surface area contributed by atoms with E-state index in [2.05, 4.69) is 17.2 Å². The predicted molar refractivity (Wildman–Crippen MR) is 56.7 cm³/mol. The molecule has 14 heavy (non-hydrogen) atoms. The van der Waals surface area contributed by atoms with E-state index in [0.717, 1.165) is 19.5 Å². The van der Waals surface area contributed by atoms with Crippen LogP contribution in [0.5, 0.6) is 0 Å². The normalized spacial score (nSPS) is 10.4. The zero-order chi connectivity index (χ0) is 10.4. The molecule has 0 saturated carbocycles. The van der Waals surface area contributed by atoms with E-state index in [1.807, 2.05) is 0 Å². The first-order valence-electron chi connectivity index (χ1n) is 4.66. The van der Waals surface area contributed by atoms with Gasteiger partial charge in [0.25, 0.3) is 0 Å². The number of nitrogens with one attached hydrogen (secondary N) is 1. The molecule has 78 valence electrons. The van der Waals surface area contributed by atoms with Crippen molar-refractivity contribution in [3.8, 4) is 0 Å². The van der Waals surface area contributed by atoms with Crippen LogP contribution in [0.1, 0.15) is 13.3 Å². The maximum atomic E-state index is 11.2. The van der Waals surface area contributed by atoms with E-state index in [1.54, 1.807) is 6.20 Å². The molecule has 0 bridgehead atoms. The minimum absolute atomic E-state index is 0.257. The number of rotatable bonds is 5. The molecule has 0 aliphatic carbocycles. The molecule has 1 rings (SSSR count). The molecule has 1 aromatic rings. The zero-order valence-electron chi connectivity index (χ0n) is 8.16. The van der Waals surface area contributed by atoms with Gasteiger partial charge in [-0.25, -0.2) is 9.78 Å². The third kappa shape index (κ3) is 3.47. The molecule has 1 N–H and O–H groups in total. The van der Waals surface area contributed by atoms with Crippen LogP contribution in [0, 0.1) is 0 Å². The molecule has 0 fully saturated rings. The fourth-order valence-electron chi connectivity index (χ4n) is 1.09. The van der Waals surface area contributed by atoms with Crippen LogP contribution in [0.2, 0.25) is 5.02 Å². The van der Waals surface area contributed by atoms with E-state index in [4.69, 9.17) is 11.6 Å². The molecule has 0 radical (unpaired) electrons. The summed E-state index contributed by atoms with van der Waals surface area (Å²) in [4.78, 5) is 14.8. The zero-order valence-corrected chi connectivity index (χ0v) is 8.92. The Morgan fingerprint density at radius 3 is 3.07 bits per heavy atom. The summed E-state index contributed by atoms with van der Waals surface area (Å²) in [6.07, 6.45) is 4.05. The molecule has 0 amide bonds. The summed E-state index contributed by atoms with van der Waals surface area (Å²) >= 11 is 5.71. The average Bonchev–Trinajstić information content (AvgIpc) is 2.18. The minimum Gasteiger partial charge on any atom is -0.315 e. The van der Waals surface area contributed by atoms with Crippen LogP contribution in [0.3, 0.4) is 0 Å². The molecule has 0 saturated heterocycles. The van der Waals surface area contributed by atoms with Gasteiger partial charge in [0.1, 0.15) is 0 Å². The van der Waals surface area contributed by atoms with E-state index in [9.17, 15) is 4.79 Å². The third-order valence-corrected chi connectivity index (χ3v) is 1.97. The van der Waals surface area contributed by atoms with Gasteiger partial charge in [-0.05, 0) is 13.0 Å². The topological polar surface area (TPSA) is 46.9 Å². The quantitative estimate of drug-likeness (QED) is 0.743. The molecule has 0 aliphatic rings. The highest BCUT2D eigenvalue weighted by molar-refractivity contribution is 6.30. The van der Waals surface area contributed by atoms with Gasteiger partial charge in [0, 0.05) is 19.3 Å². The average molecular weight is 216 g/mol. The fourth-order valence-corrected chi connectivity index (χ4v) is 1.26. The molecule has 1 aromatic heterocycles. The molecule has 0 unspecified atom stereocenters. The molecule has 4 nitrogen and oxygen atoms in total. The third-order valence-electron chi connectivity index (χ3n) is 1.78. The van der Waals surface area contributed by atoms with Gasteiger partial charge in [-0.3, -0.25) is 4.57 Å². The Balaban J connectivity index is 2.49. The van der Waals surface area contributed by atoms with Crippen LogP contribution in [-0.4, -0.2) is 22.6 Å². The summed E-state index contributed by atoms with van der Waals surface area (Å²) in [6.45, 7) is 4.42. The van der Waals surface area contributed by atoms with Crippen molar-refractivity contribution in [1.82, 2.24) is 14.9 Å². The van der Waals surface area contributed by atoms with Gasteiger partial charge < -0.3 is 5.32 Å². The summed E-state index contributed by atoms with van der Waals surface area (Å²) in [5.41, 5.74) is -0.257. The molecule has 5 heteroatoms. The summed E-state index contributed by atoms with van der Waals surface area (Å²) in [5.74, 6) is 0. The van der Waals surface area contributed by atoms with Crippen molar-refractivity contribution in [2.75, 3.05) is 13.1 Å². The Hall–Kier alpha value is -0.870. The molecule has 0 aromatic carbocycles. The van der Waals surface area contributed by atoms with Gasteiger partial charge in [-0.2, -0.15) is 0 Å². The first-order chi connectivity index (χ1) is 6.74. The summed E-state index contributed by atoms with van der Waals surface area (Å²) in [7, 11) is 0. The number of nitrogens with zero attached hydrogens (tertiary/aromatic N) is 2. The van der Waals surface area contributed by atoms with Crippen LogP contribution in [-0.2, 0) is 6.54 Å². The largest absolute Gasteiger partial charge is 0.347 e. The second kappa shape index (κ2) is 5.78. The highest BCUT2D eigenvalue weighted by Crippen LogP contribution is 2.00. The number of hydrogen-bond donors (Lipinski definition) is 1. The molecular formula is C9H14ClN3O. The van der Waals surface area contributed by atoms with E-state index < -0.39 is 0 Å². The summed E-state index contributed by atoms with van der Waals surface area (Å²) in [5, 5.41) is 3.69. The van der Waals surface area contributed by atoms with Gasteiger partial charge in [0.05, 0.1) is 11.2 Å². The lowest BCUT2D eigenvalue weighted by Gasteiger charge is -2.05.